The molecule has 2 atom stereocenters. The largest absolute Gasteiger partial charge is 0.454 e. The summed E-state index contributed by atoms with van der Waals surface area (Å²) < 4.78 is 10.7. The zero-order chi connectivity index (χ0) is 21.3. The molecule has 8 nitrogen and oxygen atoms in total. The van der Waals surface area contributed by atoms with Crippen LogP contribution in [0.3, 0.4) is 0 Å². The van der Waals surface area contributed by atoms with Gasteiger partial charge in [0.25, 0.3) is 5.91 Å². The Hall–Kier alpha value is -3.55. The topological polar surface area (TPSA) is 97.0 Å². The third-order valence-corrected chi connectivity index (χ3v) is 5.50. The van der Waals surface area contributed by atoms with Crippen molar-refractivity contribution in [3.8, 4) is 11.5 Å². The van der Waals surface area contributed by atoms with Crippen molar-refractivity contribution in [3.05, 3.63) is 59.7 Å². The number of hydrogen-bond acceptors (Lipinski definition) is 5. The average molecular weight is 409 g/mol. The molecule has 1 saturated heterocycles. The van der Waals surface area contributed by atoms with Gasteiger partial charge in [-0.2, -0.15) is 0 Å². The number of nitrogens with zero attached hydrogens (tertiary/aromatic N) is 1. The summed E-state index contributed by atoms with van der Waals surface area (Å²) in [4.78, 5) is 38.8. The molecular formula is C22H23N3O5. The van der Waals surface area contributed by atoms with E-state index in [2.05, 4.69) is 10.6 Å². The van der Waals surface area contributed by atoms with Crippen molar-refractivity contribution in [1.29, 1.82) is 0 Å². The lowest BCUT2D eigenvalue weighted by Gasteiger charge is -2.22. The van der Waals surface area contributed by atoms with Crippen LogP contribution in [0.1, 0.15) is 30.9 Å². The van der Waals surface area contributed by atoms with Gasteiger partial charge in [-0.15, -0.1) is 0 Å². The van der Waals surface area contributed by atoms with Crippen molar-refractivity contribution in [2.45, 2.75) is 25.3 Å². The molecule has 0 aromatic heterocycles. The van der Waals surface area contributed by atoms with Crippen molar-refractivity contribution in [1.82, 2.24) is 15.5 Å². The van der Waals surface area contributed by atoms with Gasteiger partial charge in [-0.05, 0) is 36.1 Å². The van der Waals surface area contributed by atoms with Crippen LogP contribution in [0.25, 0.3) is 0 Å². The lowest BCUT2D eigenvalue weighted by Crippen LogP contribution is -2.43. The summed E-state index contributed by atoms with van der Waals surface area (Å²) in [7, 11) is 0. The number of benzene rings is 2. The molecule has 2 aromatic carbocycles. The van der Waals surface area contributed by atoms with Crippen LogP contribution in [-0.2, 0) is 15.1 Å². The van der Waals surface area contributed by atoms with Gasteiger partial charge >= 0.3 is 6.03 Å². The van der Waals surface area contributed by atoms with Crippen molar-refractivity contribution < 1.29 is 23.9 Å². The number of carbonyl (C=O) groups is 3. The lowest BCUT2D eigenvalue weighted by atomic mass is 9.91. The molecule has 4 amide bonds. The predicted molar refractivity (Wildman–Crippen MR) is 108 cm³/mol. The van der Waals surface area contributed by atoms with Gasteiger partial charge < -0.3 is 20.1 Å². The summed E-state index contributed by atoms with van der Waals surface area (Å²) in [6.45, 7) is 3.79. The fraction of sp³-hybridized carbons (Fsp3) is 0.318. The number of rotatable bonds is 6. The highest BCUT2D eigenvalue weighted by Crippen LogP contribution is 2.37. The Labute approximate surface area is 174 Å². The van der Waals surface area contributed by atoms with E-state index in [-0.39, 0.29) is 19.3 Å². The molecule has 1 fully saturated rings. The molecule has 2 aliphatic rings. The van der Waals surface area contributed by atoms with Gasteiger partial charge in [0.15, 0.2) is 11.5 Å². The van der Waals surface area contributed by atoms with Crippen LogP contribution in [0, 0.1) is 0 Å². The molecule has 2 N–H and O–H groups in total. The first-order valence-electron chi connectivity index (χ1n) is 9.74. The maximum Gasteiger partial charge on any atom is 0.325 e. The SMILES string of the molecule is C[C@@H](CNC(=O)CN1C(=O)N[C@@](C)(c2ccc3c(c2)OCO3)C1=O)c1ccccc1. The molecule has 0 saturated carbocycles. The summed E-state index contributed by atoms with van der Waals surface area (Å²) in [5.41, 5.74) is 0.379. The summed E-state index contributed by atoms with van der Waals surface area (Å²) in [6, 6.07) is 14.3. The Morgan fingerprint density at radius 3 is 2.67 bits per heavy atom. The number of urea groups is 1. The van der Waals surface area contributed by atoms with E-state index in [4.69, 9.17) is 9.47 Å². The first kappa shape index (κ1) is 19.8. The molecule has 4 rings (SSSR count). The quantitative estimate of drug-likeness (QED) is 0.713. The smallest absolute Gasteiger partial charge is 0.325 e. The lowest BCUT2D eigenvalue weighted by molar-refractivity contribution is -0.134. The monoisotopic (exact) mass is 409 g/mol. The first-order valence-corrected chi connectivity index (χ1v) is 9.74. The molecular weight excluding hydrogens is 386 g/mol. The Morgan fingerprint density at radius 1 is 1.17 bits per heavy atom. The number of imide groups is 1. The summed E-state index contributed by atoms with van der Waals surface area (Å²) >= 11 is 0. The van der Waals surface area contributed by atoms with Crippen molar-refractivity contribution >= 4 is 17.8 Å². The Balaban J connectivity index is 1.41. The molecule has 156 valence electrons. The van der Waals surface area contributed by atoms with E-state index in [0.29, 0.717) is 23.6 Å². The van der Waals surface area contributed by atoms with Gasteiger partial charge in [0.05, 0.1) is 0 Å². The van der Waals surface area contributed by atoms with Crippen LogP contribution in [0.2, 0.25) is 0 Å². The predicted octanol–water partition coefficient (Wildman–Crippen LogP) is 2.10. The first-order chi connectivity index (χ1) is 14.4. The molecule has 30 heavy (non-hydrogen) atoms. The molecule has 0 spiro atoms. The minimum Gasteiger partial charge on any atom is -0.454 e. The van der Waals surface area contributed by atoms with E-state index >= 15 is 0 Å². The Bertz CT molecular complexity index is 994. The molecule has 0 bridgehead atoms. The summed E-state index contributed by atoms with van der Waals surface area (Å²) in [5, 5.41) is 5.50. The van der Waals surface area contributed by atoms with E-state index in [0.717, 1.165) is 10.5 Å². The minimum atomic E-state index is -1.28. The van der Waals surface area contributed by atoms with Crippen LogP contribution in [0.4, 0.5) is 4.79 Å². The van der Waals surface area contributed by atoms with Crippen LogP contribution in [0.5, 0.6) is 11.5 Å². The van der Waals surface area contributed by atoms with Gasteiger partial charge in [-0.3, -0.25) is 14.5 Å². The second kappa shape index (κ2) is 7.70. The van der Waals surface area contributed by atoms with Crippen LogP contribution in [0.15, 0.2) is 48.5 Å². The van der Waals surface area contributed by atoms with Crippen LogP contribution < -0.4 is 20.1 Å². The second-order valence-electron chi connectivity index (χ2n) is 7.63. The number of amides is 4. The summed E-state index contributed by atoms with van der Waals surface area (Å²) in [6.07, 6.45) is 0. The number of fused-ring (bicyclic) bond motifs is 1. The van der Waals surface area contributed by atoms with Gasteiger partial charge in [0, 0.05) is 6.54 Å². The summed E-state index contributed by atoms with van der Waals surface area (Å²) in [5.74, 6) is 0.329. The number of carbonyl (C=O) groups excluding carboxylic acids is 3. The highest BCUT2D eigenvalue weighted by molar-refractivity contribution is 6.09. The number of ether oxygens (including phenoxy) is 2. The van der Waals surface area contributed by atoms with Gasteiger partial charge in [-0.25, -0.2) is 4.79 Å². The normalized spacial score (nSPS) is 20.8. The van der Waals surface area contributed by atoms with E-state index < -0.39 is 23.4 Å². The molecule has 0 radical (unpaired) electrons. The third-order valence-electron chi connectivity index (χ3n) is 5.50. The average Bonchev–Trinajstić information content (AvgIpc) is 3.31. The molecule has 2 aliphatic heterocycles. The molecule has 2 aromatic rings. The Kier molecular flexibility index (Phi) is 5.07. The van der Waals surface area contributed by atoms with E-state index in [1.165, 1.54) is 0 Å². The van der Waals surface area contributed by atoms with Crippen molar-refractivity contribution in [3.63, 3.8) is 0 Å². The van der Waals surface area contributed by atoms with Crippen LogP contribution >= 0.6 is 0 Å². The maximum absolute atomic E-state index is 13.0. The Morgan fingerprint density at radius 2 is 1.90 bits per heavy atom. The van der Waals surface area contributed by atoms with Gasteiger partial charge in [-0.1, -0.05) is 43.3 Å². The van der Waals surface area contributed by atoms with Gasteiger partial charge in [0.2, 0.25) is 12.7 Å². The standard InChI is InChI=1S/C22H23N3O5/c1-14(15-6-4-3-5-7-15)11-23-19(26)12-25-20(27)22(2,24-21(25)28)16-8-9-17-18(10-16)30-13-29-17/h3-10,14H,11-13H2,1-2H3,(H,23,26)(H,24,28)/t14-,22-/m0/s1. The molecule has 0 unspecified atom stereocenters. The molecule has 2 heterocycles. The van der Waals surface area contributed by atoms with Crippen molar-refractivity contribution in [2.75, 3.05) is 19.9 Å². The van der Waals surface area contributed by atoms with E-state index in [9.17, 15) is 14.4 Å². The fourth-order valence-electron chi connectivity index (χ4n) is 3.61. The number of nitrogens with one attached hydrogen (secondary N) is 2. The second-order valence-corrected chi connectivity index (χ2v) is 7.63. The third kappa shape index (κ3) is 3.56. The number of hydrogen-bond donors (Lipinski definition) is 2. The minimum absolute atomic E-state index is 0.108. The van der Waals surface area contributed by atoms with Crippen molar-refractivity contribution in [2.24, 2.45) is 0 Å². The van der Waals surface area contributed by atoms with E-state index in [1.54, 1.807) is 25.1 Å². The van der Waals surface area contributed by atoms with Gasteiger partial charge in [0.1, 0.15) is 12.1 Å². The van der Waals surface area contributed by atoms with E-state index in [1.807, 2.05) is 37.3 Å². The zero-order valence-corrected chi connectivity index (χ0v) is 16.8. The fourth-order valence-corrected chi connectivity index (χ4v) is 3.61. The highest BCUT2D eigenvalue weighted by Gasteiger charge is 2.49. The zero-order valence-electron chi connectivity index (χ0n) is 16.8. The molecule has 8 heteroatoms. The van der Waals surface area contributed by atoms with Crippen LogP contribution in [-0.4, -0.2) is 42.6 Å². The highest BCUT2D eigenvalue weighted by atomic mass is 16.7. The molecule has 0 aliphatic carbocycles. The maximum atomic E-state index is 13.0.